The van der Waals surface area contributed by atoms with Crippen LogP contribution >= 0.6 is 12.2 Å². The highest BCUT2D eigenvalue weighted by Gasteiger charge is 2.33. The summed E-state index contributed by atoms with van der Waals surface area (Å²) in [6.07, 6.45) is 1.56. The van der Waals surface area contributed by atoms with Crippen molar-refractivity contribution in [1.29, 1.82) is 0 Å². The number of carbonyl (C=O) groups is 2. The summed E-state index contributed by atoms with van der Waals surface area (Å²) in [6, 6.07) is 13.5. The quantitative estimate of drug-likeness (QED) is 0.449. The van der Waals surface area contributed by atoms with Gasteiger partial charge in [0.15, 0.2) is 5.11 Å². The summed E-state index contributed by atoms with van der Waals surface area (Å²) >= 11 is 5.16. The minimum absolute atomic E-state index is 0.0105. The second kappa shape index (κ2) is 8.96. The van der Waals surface area contributed by atoms with Gasteiger partial charge in [0.25, 0.3) is 11.8 Å². The molecule has 1 saturated heterocycles. The van der Waals surface area contributed by atoms with Crippen molar-refractivity contribution in [2.24, 2.45) is 0 Å². The summed E-state index contributed by atoms with van der Waals surface area (Å²) in [5.74, 6) is -1.36. The normalized spacial score (nSPS) is 15.6. The lowest BCUT2D eigenvalue weighted by molar-refractivity contribution is -0.129. The van der Waals surface area contributed by atoms with E-state index < -0.39 is 11.8 Å². The van der Waals surface area contributed by atoms with Crippen LogP contribution in [0.4, 0.5) is 10.1 Å². The number of thiocarbonyl (C=S) groups is 1. The molecular formula is C22H22FN3O2S. The predicted molar refractivity (Wildman–Crippen MR) is 116 cm³/mol. The van der Waals surface area contributed by atoms with Gasteiger partial charge in [-0.1, -0.05) is 24.3 Å². The van der Waals surface area contributed by atoms with Gasteiger partial charge < -0.3 is 4.90 Å². The third kappa shape index (κ3) is 4.68. The molecule has 150 valence electrons. The first-order valence-corrected chi connectivity index (χ1v) is 9.82. The van der Waals surface area contributed by atoms with Crippen molar-refractivity contribution < 1.29 is 14.0 Å². The molecule has 0 unspecified atom stereocenters. The molecule has 1 fully saturated rings. The average molecular weight is 412 g/mol. The van der Waals surface area contributed by atoms with Crippen LogP contribution in [0.5, 0.6) is 0 Å². The molecule has 1 heterocycles. The van der Waals surface area contributed by atoms with Crippen molar-refractivity contribution in [2.45, 2.75) is 20.4 Å². The minimum atomic E-state index is -0.525. The van der Waals surface area contributed by atoms with Gasteiger partial charge >= 0.3 is 0 Å². The summed E-state index contributed by atoms with van der Waals surface area (Å²) in [5.41, 5.74) is 2.54. The van der Waals surface area contributed by atoms with E-state index in [-0.39, 0.29) is 23.0 Å². The smallest absolute Gasteiger partial charge is 0.265 e. The van der Waals surface area contributed by atoms with Crippen LogP contribution in [0.15, 0.2) is 54.1 Å². The Bertz CT molecular complexity index is 951. The summed E-state index contributed by atoms with van der Waals surface area (Å²) in [7, 11) is 0. The minimum Gasteiger partial charge on any atom is -0.372 e. The molecular weight excluding hydrogens is 389 g/mol. The number of rotatable bonds is 6. The Hall–Kier alpha value is -3.06. The number of nitrogens with one attached hydrogen (secondary N) is 1. The summed E-state index contributed by atoms with van der Waals surface area (Å²) < 4.78 is 13.1. The lowest BCUT2D eigenvalue weighted by atomic mass is 10.1. The third-order valence-electron chi connectivity index (χ3n) is 4.77. The van der Waals surface area contributed by atoms with Crippen LogP contribution in [-0.4, -0.2) is 34.9 Å². The van der Waals surface area contributed by atoms with Gasteiger partial charge in [0, 0.05) is 18.8 Å². The molecule has 0 atom stereocenters. The molecule has 0 bridgehead atoms. The molecule has 1 aliphatic heterocycles. The van der Waals surface area contributed by atoms with Crippen molar-refractivity contribution >= 4 is 40.9 Å². The van der Waals surface area contributed by atoms with E-state index in [0.717, 1.165) is 24.3 Å². The monoisotopic (exact) mass is 411 g/mol. The van der Waals surface area contributed by atoms with Crippen LogP contribution in [0.3, 0.4) is 0 Å². The van der Waals surface area contributed by atoms with E-state index in [1.807, 2.05) is 24.3 Å². The van der Waals surface area contributed by atoms with E-state index in [1.54, 1.807) is 18.2 Å². The van der Waals surface area contributed by atoms with Crippen LogP contribution in [-0.2, 0) is 16.1 Å². The summed E-state index contributed by atoms with van der Waals surface area (Å²) in [4.78, 5) is 28.8. The largest absolute Gasteiger partial charge is 0.372 e. The zero-order chi connectivity index (χ0) is 21.0. The van der Waals surface area contributed by atoms with E-state index in [9.17, 15) is 14.0 Å². The molecule has 7 heteroatoms. The highest BCUT2D eigenvalue weighted by Crippen LogP contribution is 2.20. The molecule has 1 N–H and O–H groups in total. The van der Waals surface area contributed by atoms with Crippen molar-refractivity contribution in [3.63, 3.8) is 0 Å². The lowest BCUT2D eigenvalue weighted by Crippen LogP contribution is -2.53. The van der Waals surface area contributed by atoms with Crippen molar-refractivity contribution in [1.82, 2.24) is 10.2 Å². The van der Waals surface area contributed by atoms with Crippen LogP contribution in [0, 0.1) is 5.82 Å². The van der Waals surface area contributed by atoms with E-state index in [0.29, 0.717) is 5.56 Å². The van der Waals surface area contributed by atoms with Crippen molar-refractivity contribution in [2.75, 3.05) is 18.0 Å². The Morgan fingerprint density at radius 2 is 1.66 bits per heavy atom. The SMILES string of the molecule is CCN(CC)c1ccc(/C=C2/C(=O)NC(=S)N(Cc3ccc(F)cc3)C2=O)cc1. The highest BCUT2D eigenvalue weighted by molar-refractivity contribution is 7.80. The van der Waals surface area contributed by atoms with Gasteiger partial charge in [-0.3, -0.25) is 19.8 Å². The van der Waals surface area contributed by atoms with Gasteiger partial charge in [-0.05, 0) is 67.5 Å². The molecule has 0 aliphatic carbocycles. The number of amides is 2. The van der Waals surface area contributed by atoms with E-state index in [4.69, 9.17) is 12.2 Å². The maximum absolute atomic E-state index is 13.1. The fourth-order valence-electron chi connectivity index (χ4n) is 3.15. The molecule has 0 aromatic heterocycles. The highest BCUT2D eigenvalue weighted by atomic mass is 32.1. The van der Waals surface area contributed by atoms with Crippen LogP contribution in [0.1, 0.15) is 25.0 Å². The number of carbonyl (C=O) groups excluding carboxylic acids is 2. The van der Waals surface area contributed by atoms with E-state index in [1.165, 1.54) is 17.0 Å². The standard InChI is InChI=1S/C22H22FN3O2S/c1-3-25(4-2)18-11-7-15(8-12-18)13-19-20(27)24-22(29)26(21(19)28)14-16-5-9-17(23)10-6-16/h5-13H,3-4,14H2,1-2H3,(H,24,27,29)/b19-13-. The second-order valence-corrected chi connectivity index (χ2v) is 6.99. The van der Waals surface area contributed by atoms with Gasteiger partial charge in [0.05, 0.1) is 6.54 Å². The molecule has 2 aromatic carbocycles. The second-order valence-electron chi connectivity index (χ2n) is 6.60. The molecule has 0 spiro atoms. The predicted octanol–water partition coefficient (Wildman–Crippen LogP) is 3.50. The van der Waals surface area contributed by atoms with Gasteiger partial charge in [-0.25, -0.2) is 4.39 Å². The first-order valence-electron chi connectivity index (χ1n) is 9.41. The Labute approximate surface area is 174 Å². The molecule has 1 aliphatic rings. The Morgan fingerprint density at radius 1 is 1.03 bits per heavy atom. The van der Waals surface area contributed by atoms with Gasteiger partial charge in [0.1, 0.15) is 11.4 Å². The number of hydrogen-bond donors (Lipinski definition) is 1. The molecule has 29 heavy (non-hydrogen) atoms. The zero-order valence-electron chi connectivity index (χ0n) is 16.3. The average Bonchev–Trinajstić information content (AvgIpc) is 2.72. The first-order chi connectivity index (χ1) is 13.9. The molecule has 2 aromatic rings. The van der Waals surface area contributed by atoms with Crippen LogP contribution in [0.2, 0.25) is 0 Å². The summed E-state index contributed by atoms with van der Waals surface area (Å²) in [5, 5.41) is 2.60. The number of halogens is 1. The number of benzene rings is 2. The number of hydrogen-bond acceptors (Lipinski definition) is 4. The lowest BCUT2D eigenvalue weighted by Gasteiger charge is -2.29. The fraction of sp³-hybridized carbons (Fsp3) is 0.227. The Balaban J connectivity index is 1.84. The Kier molecular flexibility index (Phi) is 6.39. The summed E-state index contributed by atoms with van der Waals surface area (Å²) in [6.45, 7) is 6.11. The van der Waals surface area contributed by atoms with Gasteiger partial charge in [0.2, 0.25) is 0 Å². The van der Waals surface area contributed by atoms with Crippen LogP contribution in [0.25, 0.3) is 6.08 Å². The van der Waals surface area contributed by atoms with Gasteiger partial charge in [-0.15, -0.1) is 0 Å². The van der Waals surface area contributed by atoms with E-state index >= 15 is 0 Å². The topological polar surface area (TPSA) is 52.7 Å². The third-order valence-corrected chi connectivity index (χ3v) is 5.09. The first kappa shape index (κ1) is 20.7. The number of nitrogens with zero attached hydrogens (tertiary/aromatic N) is 2. The number of anilines is 1. The van der Waals surface area contributed by atoms with Gasteiger partial charge in [-0.2, -0.15) is 0 Å². The molecule has 0 radical (unpaired) electrons. The van der Waals surface area contributed by atoms with Crippen LogP contribution < -0.4 is 10.2 Å². The molecule has 2 amide bonds. The molecule has 5 nitrogen and oxygen atoms in total. The van der Waals surface area contributed by atoms with Crippen molar-refractivity contribution in [3.05, 3.63) is 71.0 Å². The Morgan fingerprint density at radius 3 is 2.24 bits per heavy atom. The maximum Gasteiger partial charge on any atom is 0.265 e. The zero-order valence-corrected chi connectivity index (χ0v) is 17.1. The fourth-order valence-corrected chi connectivity index (χ4v) is 3.39. The van der Waals surface area contributed by atoms with Crippen molar-refractivity contribution in [3.8, 4) is 0 Å². The maximum atomic E-state index is 13.1. The molecule has 0 saturated carbocycles. The van der Waals surface area contributed by atoms with E-state index in [2.05, 4.69) is 24.1 Å². The molecule has 3 rings (SSSR count).